The summed E-state index contributed by atoms with van der Waals surface area (Å²) in [4.78, 5) is 5.08. The van der Waals surface area contributed by atoms with Crippen LogP contribution in [-0.4, -0.2) is 17.6 Å². The van der Waals surface area contributed by atoms with Crippen LogP contribution in [0.1, 0.15) is 6.92 Å². The lowest BCUT2D eigenvalue weighted by molar-refractivity contribution is 0.224. The fraction of sp³-hybridized carbons (Fsp3) is 0.375. The molecule has 1 unspecified atom stereocenters. The van der Waals surface area contributed by atoms with Crippen LogP contribution in [0.25, 0.3) is 0 Å². The van der Waals surface area contributed by atoms with Gasteiger partial charge >= 0.3 is 0 Å². The summed E-state index contributed by atoms with van der Waals surface area (Å²) in [5, 5.41) is 0. The first kappa shape index (κ1) is 7.89. The van der Waals surface area contributed by atoms with Gasteiger partial charge in [0.15, 0.2) is 0 Å². The lowest BCUT2D eigenvalue weighted by atomic mass is 10.4. The van der Waals surface area contributed by atoms with Gasteiger partial charge in [-0.3, -0.25) is 9.71 Å². The predicted molar refractivity (Wildman–Crippen MR) is 48.2 cm³/mol. The Labute approximate surface area is 75.7 Å². The Balaban J connectivity index is 2.31. The zero-order chi connectivity index (χ0) is 8.39. The molecule has 0 amide bonds. The van der Waals surface area contributed by atoms with Crippen molar-refractivity contribution in [2.45, 2.75) is 17.9 Å². The molecule has 0 saturated carbocycles. The number of ether oxygens (including phenoxy) is 1. The van der Waals surface area contributed by atoms with Gasteiger partial charge in [-0.05, 0) is 24.9 Å². The Kier molecular flexibility index (Phi) is 2.19. The van der Waals surface area contributed by atoms with Crippen molar-refractivity contribution in [3.63, 3.8) is 0 Å². The molecule has 1 atom stereocenters. The second-order valence-electron chi connectivity index (χ2n) is 2.70. The largest absolute Gasteiger partial charge is 0.488 e. The highest BCUT2D eigenvalue weighted by Crippen LogP contribution is 2.28. The molecule has 1 N–H and O–H groups in total. The SMILES string of the molecule is CC1CNSc2cnccc2O1. The molecule has 2 rings (SSSR count). The summed E-state index contributed by atoms with van der Waals surface area (Å²) in [6, 6.07) is 1.89. The zero-order valence-corrected chi connectivity index (χ0v) is 7.60. The summed E-state index contributed by atoms with van der Waals surface area (Å²) in [6.07, 6.45) is 3.78. The maximum atomic E-state index is 5.63. The molecule has 1 aliphatic heterocycles. The van der Waals surface area contributed by atoms with Crippen LogP contribution >= 0.6 is 11.9 Å². The van der Waals surface area contributed by atoms with Gasteiger partial charge in [0, 0.05) is 18.9 Å². The van der Waals surface area contributed by atoms with Gasteiger partial charge in [0.05, 0.1) is 4.90 Å². The van der Waals surface area contributed by atoms with Gasteiger partial charge in [-0.1, -0.05) is 0 Å². The molecule has 0 aromatic carbocycles. The van der Waals surface area contributed by atoms with Gasteiger partial charge in [0.2, 0.25) is 0 Å². The smallest absolute Gasteiger partial charge is 0.137 e. The number of hydrogen-bond donors (Lipinski definition) is 1. The fourth-order valence-electron chi connectivity index (χ4n) is 1.04. The summed E-state index contributed by atoms with van der Waals surface area (Å²) >= 11 is 1.58. The van der Waals surface area contributed by atoms with E-state index in [1.165, 1.54) is 0 Å². The Hall–Kier alpha value is -0.740. The van der Waals surface area contributed by atoms with Crippen LogP contribution in [0.3, 0.4) is 0 Å². The van der Waals surface area contributed by atoms with Gasteiger partial charge in [-0.2, -0.15) is 0 Å². The molecule has 1 aromatic rings. The van der Waals surface area contributed by atoms with Crippen molar-refractivity contribution in [2.24, 2.45) is 0 Å². The molecule has 3 nitrogen and oxygen atoms in total. The quantitative estimate of drug-likeness (QED) is 0.616. The number of nitrogens with zero attached hydrogens (tertiary/aromatic N) is 1. The lowest BCUT2D eigenvalue weighted by Gasteiger charge is -2.10. The highest BCUT2D eigenvalue weighted by molar-refractivity contribution is 7.97. The van der Waals surface area contributed by atoms with Gasteiger partial charge in [0.1, 0.15) is 11.9 Å². The Morgan fingerprint density at radius 2 is 2.67 bits per heavy atom. The third-order valence-corrected chi connectivity index (χ3v) is 2.47. The molecule has 0 bridgehead atoms. The Bertz CT molecular complexity index is 280. The maximum Gasteiger partial charge on any atom is 0.137 e. The second-order valence-corrected chi connectivity index (χ2v) is 3.63. The number of rotatable bonds is 0. The lowest BCUT2D eigenvalue weighted by Crippen LogP contribution is -2.22. The third kappa shape index (κ3) is 1.54. The van der Waals surface area contributed by atoms with E-state index in [1.807, 2.05) is 19.2 Å². The van der Waals surface area contributed by atoms with Crippen LogP contribution in [0.2, 0.25) is 0 Å². The number of pyridine rings is 1. The van der Waals surface area contributed by atoms with Crippen LogP contribution in [0.15, 0.2) is 23.4 Å². The van der Waals surface area contributed by atoms with E-state index in [1.54, 1.807) is 18.1 Å². The van der Waals surface area contributed by atoms with Crippen molar-refractivity contribution in [2.75, 3.05) is 6.54 Å². The van der Waals surface area contributed by atoms with E-state index in [0.29, 0.717) is 0 Å². The molecule has 4 heteroatoms. The zero-order valence-electron chi connectivity index (χ0n) is 6.78. The van der Waals surface area contributed by atoms with E-state index >= 15 is 0 Å². The first-order chi connectivity index (χ1) is 5.86. The van der Waals surface area contributed by atoms with Crippen LogP contribution in [-0.2, 0) is 0 Å². The minimum Gasteiger partial charge on any atom is -0.488 e. The fourth-order valence-corrected chi connectivity index (χ4v) is 1.84. The monoisotopic (exact) mass is 182 g/mol. The van der Waals surface area contributed by atoms with E-state index in [2.05, 4.69) is 9.71 Å². The van der Waals surface area contributed by atoms with E-state index in [4.69, 9.17) is 4.74 Å². The van der Waals surface area contributed by atoms with Crippen molar-refractivity contribution in [1.82, 2.24) is 9.71 Å². The van der Waals surface area contributed by atoms with E-state index in [0.717, 1.165) is 17.2 Å². The number of nitrogens with one attached hydrogen (secondary N) is 1. The summed E-state index contributed by atoms with van der Waals surface area (Å²) in [6.45, 7) is 2.91. The van der Waals surface area contributed by atoms with E-state index in [-0.39, 0.29) is 6.10 Å². The van der Waals surface area contributed by atoms with E-state index < -0.39 is 0 Å². The maximum absolute atomic E-state index is 5.63. The predicted octanol–water partition coefficient (Wildman–Crippen LogP) is 1.46. The van der Waals surface area contributed by atoms with Gasteiger partial charge < -0.3 is 4.74 Å². The molecule has 1 aliphatic rings. The molecular formula is C8H10N2OS. The normalized spacial score (nSPS) is 22.2. The average molecular weight is 182 g/mol. The van der Waals surface area contributed by atoms with Gasteiger partial charge in [-0.15, -0.1) is 0 Å². The standard InChI is InChI=1S/C8H10N2OS/c1-6-4-10-12-8-5-9-3-2-7(8)11-6/h2-3,5-6,10H,4H2,1H3. The van der Waals surface area contributed by atoms with Crippen molar-refractivity contribution in [3.05, 3.63) is 18.5 Å². The van der Waals surface area contributed by atoms with Crippen molar-refractivity contribution < 1.29 is 4.74 Å². The number of aromatic nitrogens is 1. The highest BCUT2D eigenvalue weighted by Gasteiger charge is 2.13. The molecular weight excluding hydrogens is 172 g/mol. The van der Waals surface area contributed by atoms with Crippen molar-refractivity contribution in [1.29, 1.82) is 0 Å². The molecule has 12 heavy (non-hydrogen) atoms. The summed E-state index contributed by atoms with van der Waals surface area (Å²) in [5.41, 5.74) is 0. The first-order valence-corrected chi connectivity index (χ1v) is 4.68. The molecule has 1 aromatic heterocycles. The van der Waals surface area contributed by atoms with Crippen LogP contribution in [0.4, 0.5) is 0 Å². The first-order valence-electron chi connectivity index (χ1n) is 3.86. The molecule has 0 aliphatic carbocycles. The summed E-state index contributed by atoms with van der Waals surface area (Å²) in [7, 11) is 0. The minimum atomic E-state index is 0.223. The minimum absolute atomic E-state index is 0.223. The molecule has 64 valence electrons. The van der Waals surface area contributed by atoms with Gasteiger partial charge in [0.25, 0.3) is 0 Å². The topological polar surface area (TPSA) is 34.2 Å². The molecule has 0 radical (unpaired) electrons. The van der Waals surface area contributed by atoms with Crippen LogP contribution < -0.4 is 9.46 Å². The number of fused-ring (bicyclic) bond motifs is 1. The number of hydrogen-bond acceptors (Lipinski definition) is 4. The van der Waals surface area contributed by atoms with Crippen LogP contribution in [0.5, 0.6) is 5.75 Å². The summed E-state index contributed by atoms with van der Waals surface area (Å²) in [5.74, 6) is 0.924. The average Bonchev–Trinajstić information content (AvgIpc) is 2.25. The molecule has 0 fully saturated rings. The van der Waals surface area contributed by atoms with Crippen molar-refractivity contribution in [3.8, 4) is 5.75 Å². The van der Waals surface area contributed by atoms with Gasteiger partial charge in [-0.25, -0.2) is 0 Å². The van der Waals surface area contributed by atoms with E-state index in [9.17, 15) is 0 Å². The molecule has 0 spiro atoms. The third-order valence-electron chi connectivity index (χ3n) is 1.63. The Morgan fingerprint density at radius 3 is 3.58 bits per heavy atom. The second kappa shape index (κ2) is 3.33. The highest BCUT2D eigenvalue weighted by atomic mass is 32.2. The van der Waals surface area contributed by atoms with Crippen LogP contribution in [0, 0.1) is 0 Å². The summed E-state index contributed by atoms with van der Waals surface area (Å²) < 4.78 is 8.84. The molecule has 0 saturated heterocycles. The molecule has 2 heterocycles. The van der Waals surface area contributed by atoms with Crippen molar-refractivity contribution >= 4 is 11.9 Å². The Morgan fingerprint density at radius 1 is 1.75 bits per heavy atom.